The molecule has 0 fully saturated rings. The third-order valence-corrected chi connectivity index (χ3v) is 4.16. The molecule has 0 aliphatic rings. The number of amides is 2. The van der Waals surface area contributed by atoms with Crippen LogP contribution in [0.3, 0.4) is 0 Å². The van der Waals surface area contributed by atoms with Crippen molar-refractivity contribution >= 4 is 23.4 Å². The van der Waals surface area contributed by atoms with Gasteiger partial charge in [-0.05, 0) is 61.7 Å². The smallest absolute Gasteiger partial charge is 0.279 e. The van der Waals surface area contributed by atoms with Crippen molar-refractivity contribution in [2.45, 2.75) is 33.3 Å². The molecule has 0 aromatic heterocycles. The molecule has 0 radical (unpaired) electrons. The van der Waals surface area contributed by atoms with Crippen molar-refractivity contribution in [2.75, 3.05) is 0 Å². The van der Waals surface area contributed by atoms with Gasteiger partial charge in [0.2, 0.25) is 0 Å². The largest absolute Gasteiger partial charge is 0.481 e. The van der Waals surface area contributed by atoms with Crippen LogP contribution in [-0.4, -0.2) is 17.9 Å². The van der Waals surface area contributed by atoms with E-state index in [0.29, 0.717) is 16.3 Å². The molecule has 2 N–H and O–H groups in total. The van der Waals surface area contributed by atoms with Gasteiger partial charge >= 0.3 is 0 Å². The van der Waals surface area contributed by atoms with Crippen LogP contribution in [0.5, 0.6) is 5.75 Å². The first kappa shape index (κ1) is 18.8. The molecule has 0 bridgehead atoms. The first-order chi connectivity index (χ1) is 11.9. The number of carbonyl (C=O) groups is 2. The summed E-state index contributed by atoms with van der Waals surface area (Å²) in [5.74, 6) is -0.303. The lowest BCUT2D eigenvalue weighted by atomic mass is 10.1. The molecule has 1 atom stereocenters. The number of hydrogen-bond acceptors (Lipinski definition) is 3. The Labute approximate surface area is 152 Å². The normalized spacial score (nSPS) is 11.5. The summed E-state index contributed by atoms with van der Waals surface area (Å²) in [6.45, 7) is 5.49. The van der Waals surface area contributed by atoms with Crippen molar-refractivity contribution in [3.63, 3.8) is 0 Å². The number of nitrogens with one attached hydrogen (secondary N) is 2. The highest BCUT2D eigenvalue weighted by atomic mass is 35.5. The predicted octanol–water partition coefficient (Wildman–Crippen LogP) is 3.44. The highest BCUT2D eigenvalue weighted by Gasteiger charge is 2.16. The van der Waals surface area contributed by atoms with Gasteiger partial charge in [0.25, 0.3) is 11.8 Å². The Morgan fingerprint density at radius 1 is 1.12 bits per heavy atom. The molecule has 0 saturated heterocycles. The molecular formula is C19H21ClN2O3. The van der Waals surface area contributed by atoms with Crippen LogP contribution >= 0.6 is 11.6 Å². The van der Waals surface area contributed by atoms with Crippen LogP contribution in [0.2, 0.25) is 5.02 Å². The standard InChI is InChI=1S/C19H21ClN2O3/c1-4-14-5-7-15(8-6-14)19(24)22-21-18(23)13(3)25-16-9-10-17(20)12(2)11-16/h5-11,13H,4H2,1-3H3,(H,21,23)(H,22,24). The fourth-order valence-corrected chi connectivity index (χ4v) is 2.25. The Morgan fingerprint density at radius 3 is 2.40 bits per heavy atom. The molecule has 2 rings (SSSR count). The van der Waals surface area contributed by atoms with Gasteiger partial charge in [0, 0.05) is 10.6 Å². The van der Waals surface area contributed by atoms with E-state index in [2.05, 4.69) is 10.9 Å². The third-order valence-electron chi connectivity index (χ3n) is 3.74. The molecule has 0 heterocycles. The van der Waals surface area contributed by atoms with Crippen LogP contribution in [0.15, 0.2) is 42.5 Å². The monoisotopic (exact) mass is 360 g/mol. The molecule has 6 heteroatoms. The summed E-state index contributed by atoms with van der Waals surface area (Å²) in [7, 11) is 0. The maximum Gasteiger partial charge on any atom is 0.279 e. The quantitative estimate of drug-likeness (QED) is 0.802. The lowest BCUT2D eigenvalue weighted by molar-refractivity contribution is -0.128. The molecule has 2 amide bonds. The van der Waals surface area contributed by atoms with Crippen LogP contribution < -0.4 is 15.6 Å². The van der Waals surface area contributed by atoms with Gasteiger partial charge in [0.15, 0.2) is 6.10 Å². The molecule has 25 heavy (non-hydrogen) atoms. The molecule has 1 unspecified atom stereocenters. The van der Waals surface area contributed by atoms with Crippen molar-refractivity contribution in [1.29, 1.82) is 0 Å². The fraction of sp³-hybridized carbons (Fsp3) is 0.263. The minimum Gasteiger partial charge on any atom is -0.481 e. The number of ether oxygens (including phenoxy) is 1. The molecule has 0 aliphatic carbocycles. The number of hydrogen-bond donors (Lipinski definition) is 2. The number of aryl methyl sites for hydroxylation is 2. The molecule has 0 saturated carbocycles. The second kappa shape index (κ2) is 8.53. The van der Waals surface area contributed by atoms with Gasteiger partial charge in [-0.15, -0.1) is 0 Å². The van der Waals surface area contributed by atoms with E-state index in [1.807, 2.05) is 26.0 Å². The van der Waals surface area contributed by atoms with Crippen molar-refractivity contribution in [3.8, 4) is 5.75 Å². The maximum absolute atomic E-state index is 12.1. The average Bonchev–Trinajstić information content (AvgIpc) is 2.62. The van der Waals surface area contributed by atoms with E-state index < -0.39 is 12.0 Å². The Morgan fingerprint density at radius 2 is 1.80 bits per heavy atom. The topological polar surface area (TPSA) is 67.4 Å². The summed E-state index contributed by atoms with van der Waals surface area (Å²) in [6, 6.07) is 12.3. The van der Waals surface area contributed by atoms with Gasteiger partial charge in [0.05, 0.1) is 0 Å². The van der Waals surface area contributed by atoms with E-state index in [-0.39, 0.29) is 5.91 Å². The summed E-state index contributed by atoms with van der Waals surface area (Å²) in [5, 5.41) is 0.630. The SMILES string of the molecule is CCc1ccc(C(=O)NNC(=O)C(C)Oc2ccc(Cl)c(C)c2)cc1. The second-order valence-electron chi connectivity index (χ2n) is 5.66. The van der Waals surface area contributed by atoms with E-state index in [1.165, 1.54) is 0 Å². The van der Waals surface area contributed by atoms with Crippen molar-refractivity contribution in [3.05, 3.63) is 64.2 Å². The second-order valence-corrected chi connectivity index (χ2v) is 6.07. The zero-order chi connectivity index (χ0) is 18.4. The third kappa shape index (κ3) is 5.22. The Hall–Kier alpha value is -2.53. The van der Waals surface area contributed by atoms with Gasteiger partial charge in [0.1, 0.15) is 5.75 Å². The first-order valence-electron chi connectivity index (χ1n) is 8.02. The summed E-state index contributed by atoms with van der Waals surface area (Å²) >= 11 is 5.96. The number of halogens is 1. The summed E-state index contributed by atoms with van der Waals surface area (Å²) in [4.78, 5) is 24.1. The molecule has 132 valence electrons. The van der Waals surface area contributed by atoms with Gasteiger partial charge < -0.3 is 4.74 Å². The van der Waals surface area contributed by atoms with Crippen molar-refractivity contribution in [1.82, 2.24) is 10.9 Å². The summed E-state index contributed by atoms with van der Waals surface area (Å²) in [6.07, 6.45) is 0.126. The minimum atomic E-state index is -0.775. The first-order valence-corrected chi connectivity index (χ1v) is 8.40. The number of carbonyl (C=O) groups excluding carboxylic acids is 2. The maximum atomic E-state index is 12.1. The molecule has 0 spiro atoms. The number of rotatable bonds is 5. The fourth-order valence-electron chi connectivity index (χ4n) is 2.13. The Kier molecular flexibility index (Phi) is 6.42. The molecule has 5 nitrogen and oxygen atoms in total. The van der Waals surface area contributed by atoms with E-state index in [9.17, 15) is 9.59 Å². The van der Waals surface area contributed by atoms with Gasteiger partial charge in [-0.1, -0.05) is 30.7 Å². The van der Waals surface area contributed by atoms with Crippen molar-refractivity contribution < 1.29 is 14.3 Å². The lowest BCUT2D eigenvalue weighted by Crippen LogP contribution is -2.47. The van der Waals surface area contributed by atoms with Crippen LogP contribution in [0.4, 0.5) is 0 Å². The van der Waals surface area contributed by atoms with Gasteiger partial charge in [-0.3, -0.25) is 20.4 Å². The van der Waals surface area contributed by atoms with E-state index in [4.69, 9.17) is 16.3 Å². The molecule has 2 aromatic rings. The Bertz CT molecular complexity index is 760. The lowest BCUT2D eigenvalue weighted by Gasteiger charge is -2.15. The molecule has 0 aliphatic heterocycles. The highest BCUT2D eigenvalue weighted by Crippen LogP contribution is 2.21. The summed E-state index contributed by atoms with van der Waals surface area (Å²) in [5.41, 5.74) is 7.22. The van der Waals surface area contributed by atoms with E-state index in [0.717, 1.165) is 17.5 Å². The summed E-state index contributed by atoms with van der Waals surface area (Å²) < 4.78 is 5.56. The minimum absolute atomic E-state index is 0.384. The van der Waals surface area contributed by atoms with Crippen LogP contribution in [-0.2, 0) is 11.2 Å². The number of hydrazine groups is 1. The van der Waals surface area contributed by atoms with E-state index >= 15 is 0 Å². The highest BCUT2D eigenvalue weighted by molar-refractivity contribution is 6.31. The van der Waals surface area contributed by atoms with E-state index in [1.54, 1.807) is 37.3 Å². The predicted molar refractivity (Wildman–Crippen MR) is 97.7 cm³/mol. The van der Waals surface area contributed by atoms with Crippen LogP contribution in [0.1, 0.15) is 35.3 Å². The van der Waals surface area contributed by atoms with Gasteiger partial charge in [-0.25, -0.2) is 0 Å². The van der Waals surface area contributed by atoms with Gasteiger partial charge in [-0.2, -0.15) is 0 Å². The molecular weight excluding hydrogens is 340 g/mol. The van der Waals surface area contributed by atoms with Crippen LogP contribution in [0, 0.1) is 6.92 Å². The number of benzene rings is 2. The van der Waals surface area contributed by atoms with Crippen LogP contribution in [0.25, 0.3) is 0 Å². The average molecular weight is 361 g/mol. The zero-order valence-electron chi connectivity index (χ0n) is 14.4. The Balaban J connectivity index is 1.87. The molecule has 2 aromatic carbocycles. The van der Waals surface area contributed by atoms with Crippen molar-refractivity contribution in [2.24, 2.45) is 0 Å². The zero-order valence-corrected chi connectivity index (χ0v) is 15.2.